The van der Waals surface area contributed by atoms with Gasteiger partial charge in [-0.2, -0.15) is 5.26 Å². The Hall–Kier alpha value is -1.40. The maximum atomic E-state index is 13.1. The molecule has 21 heavy (non-hydrogen) atoms. The van der Waals surface area contributed by atoms with Crippen molar-refractivity contribution in [1.29, 1.82) is 5.26 Å². The lowest BCUT2D eigenvalue weighted by atomic mass is 9.87. The number of hydrogen-bond acceptors (Lipinski definition) is 2. The molecule has 1 saturated carbocycles. The molecule has 1 fully saturated rings. The van der Waals surface area contributed by atoms with E-state index in [9.17, 15) is 14.4 Å². The van der Waals surface area contributed by atoms with Crippen LogP contribution in [0.4, 0.5) is 4.39 Å². The van der Waals surface area contributed by atoms with Crippen molar-refractivity contribution in [2.24, 2.45) is 5.92 Å². The van der Waals surface area contributed by atoms with Gasteiger partial charge in [-0.25, -0.2) is 4.39 Å². The summed E-state index contributed by atoms with van der Waals surface area (Å²) in [6.45, 7) is 0. The number of hydrogen-bond donors (Lipinski definition) is 0. The molecule has 0 bridgehead atoms. The largest absolute Gasteiger partial charge is 0.298 e. The quantitative estimate of drug-likeness (QED) is 0.733. The van der Waals surface area contributed by atoms with Crippen molar-refractivity contribution < 1.29 is 9.18 Å². The molecule has 0 aliphatic heterocycles. The molecule has 0 amide bonds. The molecular weight excluding hydrogens is 289 g/mol. The first-order valence-corrected chi connectivity index (χ1v) is 7.87. The molecule has 1 unspecified atom stereocenters. The monoisotopic (exact) mass is 307 g/mol. The highest BCUT2D eigenvalue weighted by molar-refractivity contribution is 6.31. The lowest BCUT2D eigenvalue weighted by molar-refractivity contribution is -0.120. The van der Waals surface area contributed by atoms with E-state index in [0.29, 0.717) is 17.9 Å². The predicted molar refractivity (Wildman–Crippen MR) is 80.6 cm³/mol. The molecule has 1 aromatic rings. The SMILES string of the molecule is N#CC(C(=O)CC1CCCCCC1)c1ccc(F)cc1Cl. The Labute approximate surface area is 129 Å². The van der Waals surface area contributed by atoms with Gasteiger partial charge in [0.15, 0.2) is 5.78 Å². The lowest BCUT2D eigenvalue weighted by Gasteiger charge is -2.16. The molecule has 0 saturated heterocycles. The fraction of sp³-hybridized carbons (Fsp3) is 0.529. The molecule has 4 heteroatoms. The Morgan fingerprint density at radius 2 is 2.00 bits per heavy atom. The molecule has 112 valence electrons. The molecule has 0 heterocycles. The summed E-state index contributed by atoms with van der Waals surface area (Å²) in [5, 5.41) is 9.45. The lowest BCUT2D eigenvalue weighted by Crippen LogP contribution is -2.16. The second-order valence-electron chi connectivity index (χ2n) is 5.76. The van der Waals surface area contributed by atoms with Crippen molar-refractivity contribution in [2.45, 2.75) is 50.9 Å². The van der Waals surface area contributed by atoms with E-state index in [1.165, 1.54) is 25.0 Å². The van der Waals surface area contributed by atoms with Crippen LogP contribution in [0.1, 0.15) is 56.4 Å². The number of carbonyl (C=O) groups is 1. The third kappa shape index (κ3) is 4.28. The number of rotatable bonds is 4. The molecule has 2 nitrogen and oxygen atoms in total. The smallest absolute Gasteiger partial charge is 0.154 e. The first-order valence-electron chi connectivity index (χ1n) is 7.49. The van der Waals surface area contributed by atoms with Crippen LogP contribution in [0.15, 0.2) is 18.2 Å². The molecule has 1 aromatic carbocycles. The van der Waals surface area contributed by atoms with Crippen molar-refractivity contribution in [1.82, 2.24) is 0 Å². The van der Waals surface area contributed by atoms with Crippen molar-refractivity contribution in [3.05, 3.63) is 34.6 Å². The second kappa shape index (κ2) is 7.56. The van der Waals surface area contributed by atoms with E-state index in [0.717, 1.165) is 31.7 Å². The van der Waals surface area contributed by atoms with E-state index in [1.807, 2.05) is 6.07 Å². The van der Waals surface area contributed by atoms with Gasteiger partial charge in [-0.1, -0.05) is 56.2 Å². The van der Waals surface area contributed by atoms with Gasteiger partial charge in [-0.3, -0.25) is 4.79 Å². The zero-order valence-electron chi connectivity index (χ0n) is 11.9. The fourth-order valence-electron chi connectivity index (χ4n) is 3.02. The van der Waals surface area contributed by atoms with E-state index in [2.05, 4.69) is 0 Å². The summed E-state index contributed by atoms with van der Waals surface area (Å²) >= 11 is 5.97. The third-order valence-corrected chi connectivity index (χ3v) is 4.52. The van der Waals surface area contributed by atoms with Gasteiger partial charge in [0.2, 0.25) is 0 Å². The van der Waals surface area contributed by atoms with Gasteiger partial charge in [-0.05, 0) is 23.6 Å². The van der Waals surface area contributed by atoms with Gasteiger partial charge in [0.25, 0.3) is 0 Å². The van der Waals surface area contributed by atoms with Gasteiger partial charge in [0, 0.05) is 11.4 Å². The molecule has 1 aliphatic rings. The summed E-state index contributed by atoms with van der Waals surface area (Å²) in [6.07, 6.45) is 7.32. The van der Waals surface area contributed by atoms with E-state index >= 15 is 0 Å². The average Bonchev–Trinajstić information content (AvgIpc) is 2.70. The number of nitriles is 1. The van der Waals surface area contributed by atoms with Crippen molar-refractivity contribution in [3.8, 4) is 6.07 Å². The Balaban J connectivity index is 2.09. The Bertz CT molecular complexity index is 544. The molecule has 2 rings (SSSR count). The molecule has 0 aromatic heterocycles. The highest BCUT2D eigenvalue weighted by Crippen LogP contribution is 2.31. The minimum atomic E-state index is -0.888. The topological polar surface area (TPSA) is 40.9 Å². The second-order valence-corrected chi connectivity index (χ2v) is 6.16. The fourth-order valence-corrected chi connectivity index (χ4v) is 3.30. The first kappa shape index (κ1) is 16.0. The number of halogens is 2. The summed E-state index contributed by atoms with van der Waals surface area (Å²) in [7, 11) is 0. The number of nitrogens with zero attached hydrogens (tertiary/aromatic N) is 1. The summed E-state index contributed by atoms with van der Waals surface area (Å²) in [4.78, 5) is 12.4. The number of benzene rings is 1. The van der Waals surface area contributed by atoms with Crippen molar-refractivity contribution in [2.75, 3.05) is 0 Å². The van der Waals surface area contributed by atoms with Crippen LogP contribution in [0, 0.1) is 23.1 Å². The zero-order chi connectivity index (χ0) is 15.2. The third-order valence-electron chi connectivity index (χ3n) is 4.19. The van der Waals surface area contributed by atoms with Crippen LogP contribution in [-0.4, -0.2) is 5.78 Å². The summed E-state index contributed by atoms with van der Waals surface area (Å²) in [6, 6.07) is 5.86. The molecule has 0 radical (unpaired) electrons. The number of ketones is 1. The van der Waals surface area contributed by atoms with Crippen LogP contribution in [0.3, 0.4) is 0 Å². The van der Waals surface area contributed by atoms with Crippen LogP contribution in [0.25, 0.3) is 0 Å². The van der Waals surface area contributed by atoms with Crippen LogP contribution in [0.2, 0.25) is 5.02 Å². The molecule has 1 aliphatic carbocycles. The van der Waals surface area contributed by atoms with Gasteiger partial charge in [0.1, 0.15) is 11.7 Å². The molecule has 0 spiro atoms. The minimum Gasteiger partial charge on any atom is -0.298 e. The molecular formula is C17H19ClFNO. The Morgan fingerprint density at radius 1 is 1.33 bits per heavy atom. The summed E-state index contributed by atoms with van der Waals surface area (Å²) in [5.74, 6) is -1.08. The summed E-state index contributed by atoms with van der Waals surface area (Å²) in [5.41, 5.74) is 0.416. The van der Waals surface area contributed by atoms with Gasteiger partial charge in [-0.15, -0.1) is 0 Å². The van der Waals surface area contributed by atoms with E-state index in [4.69, 9.17) is 11.6 Å². The molecule has 1 atom stereocenters. The Morgan fingerprint density at radius 3 is 2.57 bits per heavy atom. The number of Topliss-reactive ketones (excluding diaryl/α,β-unsaturated/α-hetero) is 1. The van der Waals surface area contributed by atoms with E-state index < -0.39 is 11.7 Å². The maximum absolute atomic E-state index is 13.1. The maximum Gasteiger partial charge on any atom is 0.154 e. The average molecular weight is 308 g/mol. The normalized spacial score (nSPS) is 17.8. The highest BCUT2D eigenvalue weighted by atomic mass is 35.5. The number of carbonyl (C=O) groups excluding carboxylic acids is 1. The van der Waals surface area contributed by atoms with Gasteiger partial charge in [0.05, 0.1) is 6.07 Å². The van der Waals surface area contributed by atoms with Crippen LogP contribution >= 0.6 is 11.6 Å². The van der Waals surface area contributed by atoms with Crippen molar-refractivity contribution >= 4 is 17.4 Å². The Kier molecular flexibility index (Phi) is 5.76. The first-order chi connectivity index (χ1) is 10.1. The minimum absolute atomic E-state index is 0.0992. The van der Waals surface area contributed by atoms with Gasteiger partial charge >= 0.3 is 0 Å². The predicted octanol–water partition coefficient (Wildman–Crippen LogP) is 5.02. The highest BCUT2D eigenvalue weighted by Gasteiger charge is 2.26. The van der Waals surface area contributed by atoms with Crippen LogP contribution in [0.5, 0.6) is 0 Å². The standard InChI is InChI=1S/C17H19ClFNO/c18-16-10-13(19)7-8-14(16)15(11-20)17(21)9-12-5-3-1-2-4-6-12/h7-8,10,12,15H,1-6,9H2. The zero-order valence-corrected chi connectivity index (χ0v) is 12.7. The van der Waals surface area contributed by atoms with Gasteiger partial charge < -0.3 is 0 Å². The molecule has 0 N–H and O–H groups in total. The van der Waals surface area contributed by atoms with E-state index in [1.54, 1.807) is 0 Å². The summed E-state index contributed by atoms with van der Waals surface area (Å²) < 4.78 is 13.1. The van der Waals surface area contributed by atoms with Crippen LogP contribution in [-0.2, 0) is 4.79 Å². The van der Waals surface area contributed by atoms with Crippen molar-refractivity contribution in [3.63, 3.8) is 0 Å². The van der Waals surface area contributed by atoms with Crippen LogP contribution < -0.4 is 0 Å². The van der Waals surface area contributed by atoms with E-state index in [-0.39, 0.29) is 10.8 Å².